The quantitative estimate of drug-likeness (QED) is 0.775. The van der Waals surface area contributed by atoms with Crippen LogP contribution in [-0.2, 0) is 0 Å². The standard InChI is InChI=1S/C18H23NO3/c1-13(2)14-6-5-7-15(8-14)19-12-22-18-10-16(20-3)9-17(11-18)21-4/h5-11,13,19H,12H2,1-4H3. The average molecular weight is 301 g/mol. The Morgan fingerprint density at radius 1 is 0.909 bits per heavy atom. The molecular weight excluding hydrogens is 278 g/mol. The summed E-state index contributed by atoms with van der Waals surface area (Å²) in [5.74, 6) is 2.61. The number of ether oxygens (including phenoxy) is 3. The van der Waals surface area contributed by atoms with Gasteiger partial charge in [-0.1, -0.05) is 26.0 Å². The fraction of sp³-hybridized carbons (Fsp3) is 0.333. The molecule has 2 aromatic carbocycles. The van der Waals surface area contributed by atoms with Crippen LogP contribution in [0.25, 0.3) is 0 Å². The maximum Gasteiger partial charge on any atom is 0.159 e. The van der Waals surface area contributed by atoms with Crippen molar-refractivity contribution >= 4 is 5.69 Å². The van der Waals surface area contributed by atoms with E-state index in [1.54, 1.807) is 14.2 Å². The van der Waals surface area contributed by atoms with E-state index in [2.05, 4.69) is 31.3 Å². The molecule has 0 aromatic heterocycles. The van der Waals surface area contributed by atoms with Crippen molar-refractivity contribution in [2.75, 3.05) is 26.3 Å². The van der Waals surface area contributed by atoms with E-state index in [1.807, 2.05) is 30.3 Å². The van der Waals surface area contributed by atoms with E-state index in [0.717, 1.165) is 5.69 Å². The van der Waals surface area contributed by atoms with Gasteiger partial charge in [-0.25, -0.2) is 0 Å². The first-order chi connectivity index (χ1) is 10.6. The van der Waals surface area contributed by atoms with Gasteiger partial charge >= 0.3 is 0 Å². The molecule has 4 nitrogen and oxygen atoms in total. The van der Waals surface area contributed by atoms with E-state index in [1.165, 1.54) is 5.56 Å². The Morgan fingerprint density at radius 3 is 2.14 bits per heavy atom. The second-order valence-corrected chi connectivity index (χ2v) is 5.29. The van der Waals surface area contributed by atoms with Gasteiger partial charge in [0.1, 0.15) is 17.2 Å². The van der Waals surface area contributed by atoms with Crippen LogP contribution in [0.2, 0.25) is 0 Å². The van der Waals surface area contributed by atoms with Crippen LogP contribution in [0.4, 0.5) is 5.69 Å². The Morgan fingerprint density at radius 2 is 1.55 bits per heavy atom. The molecule has 0 aliphatic carbocycles. The smallest absolute Gasteiger partial charge is 0.159 e. The topological polar surface area (TPSA) is 39.7 Å². The molecule has 0 unspecified atom stereocenters. The molecule has 0 heterocycles. The number of hydrogen-bond donors (Lipinski definition) is 1. The summed E-state index contributed by atoms with van der Waals surface area (Å²) >= 11 is 0. The van der Waals surface area contributed by atoms with E-state index in [4.69, 9.17) is 14.2 Å². The molecule has 118 valence electrons. The Kier molecular flexibility index (Phi) is 5.53. The van der Waals surface area contributed by atoms with Crippen LogP contribution in [0.1, 0.15) is 25.3 Å². The average Bonchev–Trinajstić information content (AvgIpc) is 2.54. The molecule has 0 spiro atoms. The molecule has 0 fully saturated rings. The largest absolute Gasteiger partial charge is 0.496 e. The normalized spacial score (nSPS) is 10.4. The van der Waals surface area contributed by atoms with Crippen molar-refractivity contribution in [3.8, 4) is 17.2 Å². The van der Waals surface area contributed by atoms with Gasteiger partial charge in [0.25, 0.3) is 0 Å². The minimum atomic E-state index is 0.373. The van der Waals surface area contributed by atoms with Crippen molar-refractivity contribution in [3.05, 3.63) is 48.0 Å². The fourth-order valence-electron chi connectivity index (χ4n) is 2.08. The van der Waals surface area contributed by atoms with E-state index < -0.39 is 0 Å². The van der Waals surface area contributed by atoms with Gasteiger partial charge in [-0.15, -0.1) is 0 Å². The highest BCUT2D eigenvalue weighted by molar-refractivity contribution is 5.46. The Hall–Kier alpha value is -2.36. The summed E-state index contributed by atoms with van der Waals surface area (Å²) in [6, 6.07) is 13.8. The van der Waals surface area contributed by atoms with E-state index >= 15 is 0 Å². The molecule has 0 aliphatic rings. The van der Waals surface area contributed by atoms with Crippen LogP contribution in [0.15, 0.2) is 42.5 Å². The highest BCUT2D eigenvalue weighted by atomic mass is 16.5. The van der Waals surface area contributed by atoms with Gasteiger partial charge in [-0.3, -0.25) is 0 Å². The van der Waals surface area contributed by atoms with Crippen LogP contribution in [0.3, 0.4) is 0 Å². The minimum absolute atomic E-state index is 0.373. The number of methoxy groups -OCH3 is 2. The lowest BCUT2D eigenvalue weighted by Crippen LogP contribution is -2.09. The molecule has 22 heavy (non-hydrogen) atoms. The maximum atomic E-state index is 5.72. The lowest BCUT2D eigenvalue weighted by molar-refractivity contribution is 0.336. The fourth-order valence-corrected chi connectivity index (χ4v) is 2.08. The van der Waals surface area contributed by atoms with Gasteiger partial charge in [0, 0.05) is 23.9 Å². The van der Waals surface area contributed by atoms with Crippen molar-refractivity contribution in [1.29, 1.82) is 0 Å². The summed E-state index contributed by atoms with van der Waals surface area (Å²) in [6.07, 6.45) is 0. The van der Waals surface area contributed by atoms with E-state index in [-0.39, 0.29) is 0 Å². The van der Waals surface area contributed by atoms with Crippen molar-refractivity contribution in [2.24, 2.45) is 0 Å². The first-order valence-electron chi connectivity index (χ1n) is 7.32. The number of rotatable bonds is 7. The first-order valence-corrected chi connectivity index (χ1v) is 7.32. The first kappa shape index (κ1) is 16.0. The van der Waals surface area contributed by atoms with Crippen molar-refractivity contribution in [2.45, 2.75) is 19.8 Å². The van der Waals surface area contributed by atoms with E-state index in [0.29, 0.717) is 29.9 Å². The molecule has 0 radical (unpaired) electrons. The van der Waals surface area contributed by atoms with Crippen LogP contribution in [-0.4, -0.2) is 21.0 Å². The molecule has 0 atom stereocenters. The van der Waals surface area contributed by atoms with Gasteiger partial charge in [-0.05, 0) is 23.6 Å². The zero-order valence-corrected chi connectivity index (χ0v) is 13.6. The molecule has 0 saturated heterocycles. The van der Waals surface area contributed by atoms with E-state index in [9.17, 15) is 0 Å². The summed E-state index contributed by atoms with van der Waals surface area (Å²) in [6.45, 7) is 4.73. The third-order valence-electron chi connectivity index (χ3n) is 3.39. The Bertz CT molecular complexity index is 589. The maximum absolute atomic E-state index is 5.72. The number of nitrogens with one attached hydrogen (secondary N) is 1. The predicted octanol–water partition coefficient (Wildman–Crippen LogP) is 4.28. The van der Waals surface area contributed by atoms with Gasteiger partial charge in [0.15, 0.2) is 6.73 Å². The zero-order valence-electron chi connectivity index (χ0n) is 13.6. The van der Waals surface area contributed by atoms with Crippen LogP contribution < -0.4 is 19.5 Å². The molecule has 0 bridgehead atoms. The zero-order chi connectivity index (χ0) is 15.9. The van der Waals surface area contributed by atoms with Gasteiger partial charge in [0.05, 0.1) is 14.2 Å². The van der Waals surface area contributed by atoms with Crippen molar-refractivity contribution in [3.63, 3.8) is 0 Å². The minimum Gasteiger partial charge on any atom is -0.496 e. The van der Waals surface area contributed by atoms with Crippen LogP contribution in [0, 0.1) is 0 Å². The van der Waals surface area contributed by atoms with Crippen molar-refractivity contribution in [1.82, 2.24) is 0 Å². The second-order valence-electron chi connectivity index (χ2n) is 5.29. The number of hydrogen-bond acceptors (Lipinski definition) is 4. The molecule has 4 heteroatoms. The number of benzene rings is 2. The molecule has 0 aliphatic heterocycles. The highest BCUT2D eigenvalue weighted by Crippen LogP contribution is 2.27. The Labute approximate surface area is 132 Å². The van der Waals surface area contributed by atoms with Crippen molar-refractivity contribution < 1.29 is 14.2 Å². The predicted molar refractivity (Wildman–Crippen MR) is 89.2 cm³/mol. The lowest BCUT2D eigenvalue weighted by atomic mass is 10.0. The van der Waals surface area contributed by atoms with Gasteiger partial charge < -0.3 is 19.5 Å². The van der Waals surface area contributed by atoms with Gasteiger partial charge in [0.2, 0.25) is 0 Å². The third kappa shape index (κ3) is 4.32. The monoisotopic (exact) mass is 301 g/mol. The summed E-state index contributed by atoms with van der Waals surface area (Å²) in [5.41, 5.74) is 2.34. The molecule has 2 rings (SSSR count). The molecule has 0 saturated carbocycles. The second kappa shape index (κ2) is 7.59. The SMILES string of the molecule is COc1cc(OC)cc(OCNc2cccc(C(C)C)c2)c1. The molecule has 0 amide bonds. The third-order valence-corrected chi connectivity index (χ3v) is 3.39. The summed E-state index contributed by atoms with van der Waals surface area (Å²) in [5, 5.41) is 3.26. The Balaban J connectivity index is 1.97. The summed E-state index contributed by atoms with van der Waals surface area (Å²) < 4.78 is 16.2. The van der Waals surface area contributed by atoms with Gasteiger partial charge in [-0.2, -0.15) is 0 Å². The number of anilines is 1. The van der Waals surface area contributed by atoms with Crippen LogP contribution in [0.5, 0.6) is 17.2 Å². The molecular formula is C18H23NO3. The lowest BCUT2D eigenvalue weighted by Gasteiger charge is -2.13. The van der Waals surface area contributed by atoms with Crippen LogP contribution >= 0.6 is 0 Å². The molecule has 2 aromatic rings. The summed E-state index contributed by atoms with van der Waals surface area (Å²) in [4.78, 5) is 0. The highest BCUT2D eigenvalue weighted by Gasteiger charge is 2.03. The molecule has 1 N–H and O–H groups in total. The summed E-state index contributed by atoms with van der Waals surface area (Å²) in [7, 11) is 3.24.